The summed E-state index contributed by atoms with van der Waals surface area (Å²) in [5.74, 6) is -4.04. The summed E-state index contributed by atoms with van der Waals surface area (Å²) in [6.45, 7) is -0.999. The first-order chi connectivity index (χ1) is 9.20. The highest BCUT2D eigenvalue weighted by Crippen LogP contribution is 2.30. The summed E-state index contributed by atoms with van der Waals surface area (Å²) in [5, 5.41) is 2.94. The summed E-state index contributed by atoms with van der Waals surface area (Å²) < 4.78 is 64.1. The number of halogens is 3. The molecule has 2 rings (SSSR count). The molecule has 1 heterocycles. The molecule has 2 aromatic rings. The fourth-order valence-electron chi connectivity index (χ4n) is 1.62. The van der Waals surface area contributed by atoms with E-state index >= 15 is 0 Å². The predicted octanol–water partition coefficient (Wildman–Crippen LogP) is 1.61. The molecule has 108 valence electrons. The van der Waals surface area contributed by atoms with Gasteiger partial charge in [-0.2, -0.15) is 13.9 Å². The Bertz CT molecular complexity index is 711. The SMILES string of the molecule is CS(=O)(=O)c1ncnn1CC(F)(F)c1ccc(F)cc1. The number of aromatic nitrogens is 3. The second kappa shape index (κ2) is 4.89. The normalized spacial score (nSPS) is 12.6. The van der Waals surface area contributed by atoms with Crippen molar-refractivity contribution in [3.63, 3.8) is 0 Å². The van der Waals surface area contributed by atoms with Crippen LogP contribution in [0.25, 0.3) is 0 Å². The van der Waals surface area contributed by atoms with Crippen LogP contribution >= 0.6 is 0 Å². The molecule has 5 nitrogen and oxygen atoms in total. The number of alkyl halides is 2. The van der Waals surface area contributed by atoms with Gasteiger partial charge in [-0.05, 0) is 12.1 Å². The van der Waals surface area contributed by atoms with Crippen LogP contribution in [0, 0.1) is 5.82 Å². The minimum absolute atomic E-state index is 0.436. The molecular weight excluding hydrogens is 295 g/mol. The van der Waals surface area contributed by atoms with E-state index in [2.05, 4.69) is 10.1 Å². The zero-order valence-corrected chi connectivity index (χ0v) is 11.1. The van der Waals surface area contributed by atoms with Crippen LogP contribution in [0.3, 0.4) is 0 Å². The smallest absolute Gasteiger partial charge is 0.230 e. The minimum Gasteiger partial charge on any atom is -0.230 e. The van der Waals surface area contributed by atoms with Crippen LogP contribution < -0.4 is 0 Å². The summed E-state index contributed by atoms with van der Waals surface area (Å²) >= 11 is 0. The third-order valence-electron chi connectivity index (χ3n) is 2.53. The summed E-state index contributed by atoms with van der Waals surface area (Å²) in [6.07, 6.45) is 1.74. The lowest BCUT2D eigenvalue weighted by Gasteiger charge is -2.17. The van der Waals surface area contributed by atoms with E-state index in [4.69, 9.17) is 0 Å². The van der Waals surface area contributed by atoms with E-state index in [-0.39, 0.29) is 0 Å². The van der Waals surface area contributed by atoms with Crippen molar-refractivity contribution in [2.75, 3.05) is 6.26 Å². The Kier molecular flexibility index (Phi) is 3.55. The molecule has 9 heteroatoms. The Balaban J connectivity index is 2.34. The van der Waals surface area contributed by atoms with Crippen LogP contribution in [0.5, 0.6) is 0 Å². The Hall–Kier alpha value is -1.90. The lowest BCUT2D eigenvalue weighted by molar-refractivity contribution is -0.0280. The molecule has 20 heavy (non-hydrogen) atoms. The molecule has 0 unspecified atom stereocenters. The lowest BCUT2D eigenvalue weighted by atomic mass is 10.1. The zero-order chi connectivity index (χ0) is 15.0. The number of hydrogen-bond donors (Lipinski definition) is 0. The van der Waals surface area contributed by atoms with E-state index in [0.29, 0.717) is 4.68 Å². The molecule has 0 aliphatic heterocycles. The average molecular weight is 305 g/mol. The first kappa shape index (κ1) is 14.5. The number of sulfone groups is 1. The third kappa shape index (κ3) is 2.98. The van der Waals surface area contributed by atoms with Gasteiger partial charge >= 0.3 is 0 Å². The largest absolute Gasteiger partial charge is 0.292 e. The number of benzene rings is 1. The van der Waals surface area contributed by atoms with Gasteiger partial charge in [-0.15, -0.1) is 0 Å². The van der Waals surface area contributed by atoms with Gasteiger partial charge in [0.1, 0.15) is 18.7 Å². The summed E-state index contributed by atoms with van der Waals surface area (Å²) in [4.78, 5) is 3.45. The molecule has 0 spiro atoms. The summed E-state index contributed by atoms with van der Waals surface area (Å²) in [5.41, 5.74) is -0.436. The average Bonchev–Trinajstić information content (AvgIpc) is 2.76. The maximum atomic E-state index is 14.0. The minimum atomic E-state index is -3.76. The molecule has 0 aliphatic carbocycles. The van der Waals surface area contributed by atoms with Gasteiger partial charge in [0, 0.05) is 11.8 Å². The van der Waals surface area contributed by atoms with Gasteiger partial charge in [-0.25, -0.2) is 22.5 Å². The molecule has 0 radical (unpaired) electrons. The van der Waals surface area contributed by atoms with Crippen LogP contribution in [0.15, 0.2) is 35.7 Å². The number of nitrogens with zero attached hydrogens (tertiary/aromatic N) is 3. The van der Waals surface area contributed by atoms with Crippen molar-refractivity contribution in [1.82, 2.24) is 14.8 Å². The Morgan fingerprint density at radius 2 is 1.85 bits per heavy atom. The predicted molar refractivity (Wildman–Crippen MR) is 63.4 cm³/mol. The molecule has 1 aromatic carbocycles. The van der Waals surface area contributed by atoms with E-state index in [1.807, 2.05) is 0 Å². The summed E-state index contributed by atoms with van der Waals surface area (Å²) in [7, 11) is -3.76. The second-order valence-corrected chi connectivity index (χ2v) is 6.09. The molecule has 0 saturated heterocycles. The van der Waals surface area contributed by atoms with Gasteiger partial charge in [-0.3, -0.25) is 0 Å². The second-order valence-electron chi connectivity index (χ2n) is 4.18. The lowest BCUT2D eigenvalue weighted by Crippen LogP contribution is -2.24. The van der Waals surface area contributed by atoms with Crippen molar-refractivity contribution in [2.24, 2.45) is 0 Å². The van der Waals surface area contributed by atoms with Crippen molar-refractivity contribution in [3.8, 4) is 0 Å². The van der Waals surface area contributed by atoms with E-state index in [9.17, 15) is 21.6 Å². The van der Waals surface area contributed by atoms with E-state index in [1.165, 1.54) is 0 Å². The van der Waals surface area contributed by atoms with Gasteiger partial charge in [-0.1, -0.05) is 12.1 Å². The van der Waals surface area contributed by atoms with Gasteiger partial charge < -0.3 is 0 Å². The molecule has 0 aliphatic rings. The fraction of sp³-hybridized carbons (Fsp3) is 0.273. The maximum Gasteiger partial charge on any atom is 0.292 e. The molecular formula is C11H10F3N3O2S. The van der Waals surface area contributed by atoms with Crippen LogP contribution in [0.4, 0.5) is 13.2 Å². The fourth-order valence-corrected chi connectivity index (χ4v) is 2.36. The van der Waals surface area contributed by atoms with E-state index in [1.54, 1.807) is 0 Å². The highest BCUT2D eigenvalue weighted by molar-refractivity contribution is 7.90. The molecule has 0 bridgehead atoms. The van der Waals surface area contributed by atoms with Crippen molar-refractivity contribution in [2.45, 2.75) is 17.6 Å². The summed E-state index contributed by atoms with van der Waals surface area (Å²) in [6, 6.07) is 3.68. The molecule has 0 atom stereocenters. The van der Waals surface area contributed by atoms with E-state index in [0.717, 1.165) is 36.8 Å². The molecule has 0 amide bonds. The first-order valence-electron chi connectivity index (χ1n) is 5.42. The Labute approximate surface area is 113 Å². The van der Waals surface area contributed by atoms with Crippen molar-refractivity contribution in [3.05, 3.63) is 42.0 Å². The molecule has 0 fully saturated rings. The van der Waals surface area contributed by atoms with Gasteiger partial charge in [0.05, 0.1) is 0 Å². The zero-order valence-electron chi connectivity index (χ0n) is 10.3. The third-order valence-corrected chi connectivity index (χ3v) is 3.51. The molecule has 0 N–H and O–H groups in total. The standard InChI is InChI=1S/C11H10F3N3O2S/c1-20(18,19)10-15-7-16-17(10)6-11(13,14)8-2-4-9(12)5-3-8/h2-5,7H,6H2,1H3. The van der Waals surface area contributed by atoms with Gasteiger partial charge in [0.15, 0.2) is 0 Å². The highest BCUT2D eigenvalue weighted by atomic mass is 32.2. The van der Waals surface area contributed by atoms with E-state index < -0.39 is 38.8 Å². The van der Waals surface area contributed by atoms with Crippen molar-refractivity contribution < 1.29 is 21.6 Å². The molecule has 1 aromatic heterocycles. The van der Waals surface area contributed by atoms with Gasteiger partial charge in [0.25, 0.3) is 5.92 Å². The first-order valence-corrected chi connectivity index (χ1v) is 7.31. The monoisotopic (exact) mass is 305 g/mol. The van der Waals surface area contributed by atoms with Crippen LogP contribution in [-0.4, -0.2) is 29.4 Å². The number of rotatable bonds is 4. The highest BCUT2D eigenvalue weighted by Gasteiger charge is 2.34. The topological polar surface area (TPSA) is 64.8 Å². The maximum absolute atomic E-state index is 14.0. The van der Waals surface area contributed by atoms with Crippen molar-refractivity contribution in [1.29, 1.82) is 0 Å². The molecule has 0 saturated carbocycles. The number of hydrogen-bond acceptors (Lipinski definition) is 4. The van der Waals surface area contributed by atoms with Crippen LogP contribution in [0.2, 0.25) is 0 Å². The van der Waals surface area contributed by atoms with Crippen LogP contribution in [-0.2, 0) is 22.3 Å². The van der Waals surface area contributed by atoms with Crippen LogP contribution in [0.1, 0.15) is 5.56 Å². The van der Waals surface area contributed by atoms with Crippen molar-refractivity contribution >= 4 is 9.84 Å². The van der Waals surface area contributed by atoms with Gasteiger partial charge in [0.2, 0.25) is 15.0 Å². The Morgan fingerprint density at radius 3 is 2.40 bits per heavy atom. The Morgan fingerprint density at radius 1 is 1.25 bits per heavy atom. The quantitative estimate of drug-likeness (QED) is 0.861.